The number of carboxylic acids is 1. The summed E-state index contributed by atoms with van der Waals surface area (Å²) in [5.41, 5.74) is 0. The maximum absolute atomic E-state index is 12.0. The van der Waals surface area contributed by atoms with Crippen molar-refractivity contribution in [2.75, 3.05) is 5.75 Å². The molecule has 1 fully saturated rings. The van der Waals surface area contributed by atoms with E-state index in [0.29, 0.717) is 12.2 Å². The minimum atomic E-state index is -1.16. The molecule has 2 heterocycles. The number of hydrogen-bond donors (Lipinski definition) is 0. The first-order chi connectivity index (χ1) is 9.00. The van der Waals surface area contributed by atoms with E-state index in [-0.39, 0.29) is 17.2 Å². The van der Waals surface area contributed by atoms with Gasteiger partial charge in [-0.25, -0.2) is 0 Å². The highest BCUT2D eigenvalue weighted by Gasteiger charge is 2.38. The normalized spacial score (nSPS) is 21.1. The number of nitrogens with zero attached hydrogens (tertiary/aromatic N) is 1. The van der Waals surface area contributed by atoms with Gasteiger partial charge in [-0.3, -0.25) is 4.79 Å². The lowest BCUT2D eigenvalue weighted by molar-refractivity contribution is -0.312. The number of carbonyl (C=O) groups excluding carboxylic acids is 2. The van der Waals surface area contributed by atoms with E-state index < -0.39 is 12.0 Å². The Morgan fingerprint density at radius 2 is 2.32 bits per heavy atom. The van der Waals surface area contributed by atoms with Gasteiger partial charge in [-0.15, -0.1) is 23.1 Å². The van der Waals surface area contributed by atoms with Crippen LogP contribution >= 0.6 is 23.1 Å². The Morgan fingerprint density at radius 3 is 2.84 bits per heavy atom. The molecule has 1 amide bonds. The number of rotatable bonds is 5. The third-order valence-corrected chi connectivity index (χ3v) is 5.28. The van der Waals surface area contributed by atoms with Gasteiger partial charge >= 0.3 is 0 Å². The highest BCUT2D eigenvalue weighted by atomic mass is 32.2. The average molecular weight is 298 g/mol. The van der Waals surface area contributed by atoms with E-state index in [1.807, 2.05) is 31.4 Å². The number of hydrogen-bond acceptors (Lipinski definition) is 5. The summed E-state index contributed by atoms with van der Waals surface area (Å²) >= 11 is 3.03. The van der Waals surface area contributed by atoms with Gasteiger partial charge in [0.1, 0.15) is 5.37 Å². The van der Waals surface area contributed by atoms with Crippen molar-refractivity contribution in [3.05, 3.63) is 22.4 Å². The SMILES string of the molecule is CC(C)C[C@H](C(=O)[O-])N1C(=O)CS[C@@H]1c1cccs1. The van der Waals surface area contributed by atoms with E-state index >= 15 is 0 Å². The molecular formula is C13H16NO3S2-. The van der Waals surface area contributed by atoms with Crippen molar-refractivity contribution < 1.29 is 14.7 Å². The summed E-state index contributed by atoms with van der Waals surface area (Å²) < 4.78 is 0. The van der Waals surface area contributed by atoms with Crippen LogP contribution in [0.2, 0.25) is 0 Å². The molecule has 0 N–H and O–H groups in total. The molecule has 4 nitrogen and oxygen atoms in total. The standard InChI is InChI=1S/C13H17NO3S2/c1-8(2)6-9(13(16)17)14-11(15)7-19-12(14)10-4-3-5-18-10/h3-5,8-9,12H,6-7H2,1-2H3,(H,16,17)/p-1/t9-,12-/m1/s1. The summed E-state index contributed by atoms with van der Waals surface area (Å²) in [7, 11) is 0. The van der Waals surface area contributed by atoms with Crippen molar-refractivity contribution in [1.29, 1.82) is 0 Å². The summed E-state index contributed by atoms with van der Waals surface area (Å²) in [4.78, 5) is 25.9. The third-order valence-electron chi connectivity index (χ3n) is 2.99. The van der Waals surface area contributed by atoms with Gasteiger partial charge in [0.15, 0.2) is 0 Å². The van der Waals surface area contributed by atoms with Crippen molar-refractivity contribution >= 4 is 35.0 Å². The molecule has 0 unspecified atom stereocenters. The Labute approximate surface area is 120 Å². The van der Waals surface area contributed by atoms with Gasteiger partial charge in [-0.2, -0.15) is 0 Å². The minimum absolute atomic E-state index is 0.113. The lowest BCUT2D eigenvalue weighted by Crippen LogP contribution is -2.50. The van der Waals surface area contributed by atoms with Crippen LogP contribution in [0.4, 0.5) is 0 Å². The van der Waals surface area contributed by atoms with Crippen LogP contribution in [0.25, 0.3) is 0 Å². The fourth-order valence-corrected chi connectivity index (χ4v) is 4.38. The van der Waals surface area contributed by atoms with Gasteiger partial charge in [0.25, 0.3) is 0 Å². The third kappa shape index (κ3) is 3.12. The second kappa shape index (κ2) is 5.96. The smallest absolute Gasteiger partial charge is 0.234 e. The highest BCUT2D eigenvalue weighted by Crippen LogP contribution is 2.42. The second-order valence-corrected chi connectivity index (χ2v) is 6.99. The Bertz CT molecular complexity index is 458. The zero-order valence-electron chi connectivity index (χ0n) is 10.9. The number of aliphatic carboxylic acids is 1. The van der Waals surface area contributed by atoms with Crippen LogP contribution in [-0.2, 0) is 9.59 Å². The molecule has 1 aliphatic rings. The topological polar surface area (TPSA) is 60.4 Å². The Balaban J connectivity index is 2.26. The lowest BCUT2D eigenvalue weighted by atomic mass is 10.0. The van der Waals surface area contributed by atoms with Gasteiger partial charge in [0.2, 0.25) is 5.91 Å². The summed E-state index contributed by atoms with van der Waals surface area (Å²) in [6.45, 7) is 3.90. The van der Waals surface area contributed by atoms with Crippen molar-refractivity contribution in [2.24, 2.45) is 5.92 Å². The van der Waals surface area contributed by atoms with Crippen LogP contribution in [0.5, 0.6) is 0 Å². The first-order valence-electron chi connectivity index (χ1n) is 6.17. The first-order valence-corrected chi connectivity index (χ1v) is 8.10. The quantitative estimate of drug-likeness (QED) is 0.826. The molecule has 1 aromatic heterocycles. The largest absolute Gasteiger partial charge is 0.548 e. The van der Waals surface area contributed by atoms with Gasteiger partial charge in [-0.1, -0.05) is 19.9 Å². The van der Waals surface area contributed by atoms with Crippen LogP contribution < -0.4 is 5.11 Å². The molecule has 0 aliphatic carbocycles. The molecule has 0 radical (unpaired) electrons. The molecule has 0 aromatic carbocycles. The number of carboxylic acid groups (broad SMARTS) is 1. The Kier molecular flexibility index (Phi) is 4.52. The van der Waals surface area contributed by atoms with E-state index in [1.165, 1.54) is 16.7 Å². The zero-order chi connectivity index (χ0) is 14.0. The minimum Gasteiger partial charge on any atom is -0.548 e. The molecule has 1 aromatic rings. The van der Waals surface area contributed by atoms with Gasteiger partial charge in [0.05, 0.1) is 17.8 Å². The number of thioether (sulfide) groups is 1. The van der Waals surface area contributed by atoms with E-state index in [9.17, 15) is 14.7 Å². The summed E-state index contributed by atoms with van der Waals surface area (Å²) in [5.74, 6) is -0.737. The molecule has 1 saturated heterocycles. The zero-order valence-corrected chi connectivity index (χ0v) is 12.5. The molecule has 0 bridgehead atoms. The van der Waals surface area contributed by atoms with E-state index in [2.05, 4.69) is 0 Å². The summed E-state index contributed by atoms with van der Waals surface area (Å²) in [6, 6.07) is 3.02. The average Bonchev–Trinajstić information content (AvgIpc) is 2.94. The van der Waals surface area contributed by atoms with Crippen molar-refractivity contribution in [3.8, 4) is 0 Å². The number of carbonyl (C=O) groups is 2. The Hall–Kier alpha value is -1.01. The van der Waals surface area contributed by atoms with E-state index in [4.69, 9.17) is 0 Å². The van der Waals surface area contributed by atoms with Crippen molar-refractivity contribution in [1.82, 2.24) is 4.90 Å². The summed E-state index contributed by atoms with van der Waals surface area (Å²) in [6.07, 6.45) is 0.427. The van der Waals surface area contributed by atoms with Crippen LogP contribution in [-0.4, -0.2) is 28.6 Å². The van der Waals surface area contributed by atoms with Crippen LogP contribution in [0, 0.1) is 5.92 Å². The molecule has 6 heteroatoms. The fourth-order valence-electron chi connectivity index (χ4n) is 2.19. The maximum Gasteiger partial charge on any atom is 0.234 e. The second-order valence-electron chi connectivity index (χ2n) is 4.94. The fraction of sp³-hybridized carbons (Fsp3) is 0.538. The first kappa shape index (κ1) is 14.4. The van der Waals surface area contributed by atoms with Crippen LogP contribution in [0.15, 0.2) is 17.5 Å². The molecule has 1 aliphatic heterocycles. The molecular weight excluding hydrogens is 282 g/mol. The van der Waals surface area contributed by atoms with Crippen LogP contribution in [0.3, 0.4) is 0 Å². The number of thiophene rings is 1. The van der Waals surface area contributed by atoms with E-state index in [0.717, 1.165) is 4.88 Å². The predicted octanol–water partition coefficient (Wildman–Crippen LogP) is 1.49. The van der Waals surface area contributed by atoms with Crippen molar-refractivity contribution in [3.63, 3.8) is 0 Å². The van der Waals surface area contributed by atoms with Crippen molar-refractivity contribution in [2.45, 2.75) is 31.7 Å². The monoisotopic (exact) mass is 298 g/mol. The molecule has 0 spiro atoms. The molecule has 19 heavy (non-hydrogen) atoms. The highest BCUT2D eigenvalue weighted by molar-refractivity contribution is 8.00. The molecule has 2 rings (SSSR count). The van der Waals surface area contributed by atoms with E-state index in [1.54, 1.807) is 11.3 Å². The van der Waals surface area contributed by atoms with Gasteiger partial charge in [-0.05, 0) is 23.8 Å². The maximum atomic E-state index is 12.0. The lowest BCUT2D eigenvalue weighted by Gasteiger charge is -2.33. The Morgan fingerprint density at radius 1 is 1.58 bits per heavy atom. The van der Waals surface area contributed by atoms with Crippen LogP contribution in [0.1, 0.15) is 30.5 Å². The van der Waals surface area contributed by atoms with Gasteiger partial charge in [0, 0.05) is 4.88 Å². The van der Waals surface area contributed by atoms with Gasteiger partial charge < -0.3 is 14.8 Å². The molecule has 104 valence electrons. The number of amides is 1. The summed E-state index contributed by atoms with van der Waals surface area (Å²) in [5, 5.41) is 13.1. The molecule has 0 saturated carbocycles. The molecule has 2 atom stereocenters. The predicted molar refractivity (Wildman–Crippen MR) is 74.6 cm³/mol.